The average molecular weight is 294 g/mol. The van der Waals surface area contributed by atoms with Crippen LogP contribution in [0.5, 0.6) is 5.75 Å². The molecular formula is C14H16ClN3O2. The molecule has 1 heterocycles. The lowest BCUT2D eigenvalue weighted by Gasteiger charge is -2.11. The quantitative estimate of drug-likeness (QED) is 0.859. The highest BCUT2D eigenvalue weighted by Gasteiger charge is 2.12. The van der Waals surface area contributed by atoms with E-state index in [0.29, 0.717) is 23.9 Å². The van der Waals surface area contributed by atoms with Crippen molar-refractivity contribution in [3.05, 3.63) is 46.7 Å². The number of hydrogen-bond acceptors (Lipinski definition) is 3. The number of carbonyl (C=O) groups excluding carboxylic acids is 1. The summed E-state index contributed by atoms with van der Waals surface area (Å²) in [4.78, 5) is 11.9. The minimum Gasteiger partial charge on any atom is -0.492 e. The Hall–Kier alpha value is -2.01. The fraction of sp³-hybridized carbons (Fsp3) is 0.286. The van der Waals surface area contributed by atoms with E-state index < -0.39 is 0 Å². The molecule has 1 amide bonds. The standard InChI is InChI=1S/C14H16ClN3O2/c1-2-20-14-10(4-3-5-12(14)15)8-13(19)16-9-11-6-7-17-18-11/h3-7H,2,8-9H2,1H3,(H,16,19)(H,17,18). The van der Waals surface area contributed by atoms with Gasteiger partial charge >= 0.3 is 0 Å². The lowest BCUT2D eigenvalue weighted by Crippen LogP contribution is -2.25. The second kappa shape index (κ2) is 6.96. The lowest BCUT2D eigenvalue weighted by atomic mass is 10.1. The fourth-order valence-electron chi connectivity index (χ4n) is 1.81. The summed E-state index contributed by atoms with van der Waals surface area (Å²) in [6, 6.07) is 7.21. The summed E-state index contributed by atoms with van der Waals surface area (Å²) < 4.78 is 5.49. The van der Waals surface area contributed by atoms with Gasteiger partial charge in [0.2, 0.25) is 5.91 Å². The van der Waals surface area contributed by atoms with Gasteiger partial charge in [0, 0.05) is 11.8 Å². The highest BCUT2D eigenvalue weighted by Crippen LogP contribution is 2.28. The van der Waals surface area contributed by atoms with Crippen molar-refractivity contribution in [1.82, 2.24) is 15.5 Å². The van der Waals surface area contributed by atoms with E-state index in [1.165, 1.54) is 0 Å². The van der Waals surface area contributed by atoms with Crippen molar-refractivity contribution >= 4 is 17.5 Å². The number of aromatic nitrogens is 2. The zero-order chi connectivity index (χ0) is 14.4. The molecule has 0 aliphatic heterocycles. The van der Waals surface area contributed by atoms with E-state index in [2.05, 4.69) is 15.5 Å². The Morgan fingerprint density at radius 3 is 3.00 bits per heavy atom. The Morgan fingerprint density at radius 2 is 2.30 bits per heavy atom. The van der Waals surface area contributed by atoms with Crippen molar-refractivity contribution in [3.8, 4) is 5.75 Å². The van der Waals surface area contributed by atoms with Crippen LogP contribution in [-0.2, 0) is 17.8 Å². The molecule has 0 spiro atoms. The van der Waals surface area contributed by atoms with E-state index in [-0.39, 0.29) is 12.3 Å². The molecule has 0 atom stereocenters. The van der Waals surface area contributed by atoms with Crippen LogP contribution in [0.15, 0.2) is 30.5 Å². The van der Waals surface area contributed by atoms with E-state index in [9.17, 15) is 4.79 Å². The first-order chi connectivity index (χ1) is 9.70. The SMILES string of the molecule is CCOc1c(Cl)cccc1CC(=O)NCc1ccn[nH]1. The van der Waals surface area contributed by atoms with Gasteiger partial charge in [-0.05, 0) is 19.1 Å². The Kier molecular flexibility index (Phi) is 5.01. The van der Waals surface area contributed by atoms with Gasteiger partial charge in [0.05, 0.1) is 30.3 Å². The zero-order valence-electron chi connectivity index (χ0n) is 11.1. The van der Waals surface area contributed by atoms with Gasteiger partial charge in [-0.3, -0.25) is 9.89 Å². The van der Waals surface area contributed by atoms with Crippen molar-refractivity contribution in [2.45, 2.75) is 19.9 Å². The van der Waals surface area contributed by atoms with E-state index in [4.69, 9.17) is 16.3 Å². The Bertz CT molecular complexity index is 570. The fourth-order valence-corrected chi connectivity index (χ4v) is 2.06. The topological polar surface area (TPSA) is 67.0 Å². The minimum absolute atomic E-state index is 0.0946. The summed E-state index contributed by atoms with van der Waals surface area (Å²) in [5.41, 5.74) is 1.64. The maximum atomic E-state index is 11.9. The highest BCUT2D eigenvalue weighted by atomic mass is 35.5. The van der Waals surface area contributed by atoms with Crippen molar-refractivity contribution in [1.29, 1.82) is 0 Å². The number of carbonyl (C=O) groups is 1. The molecule has 0 radical (unpaired) electrons. The monoisotopic (exact) mass is 293 g/mol. The number of nitrogens with zero attached hydrogens (tertiary/aromatic N) is 1. The number of benzene rings is 1. The van der Waals surface area contributed by atoms with Gasteiger partial charge in [-0.15, -0.1) is 0 Å². The molecule has 0 fully saturated rings. The molecule has 0 saturated heterocycles. The van der Waals surface area contributed by atoms with Crippen LogP contribution in [-0.4, -0.2) is 22.7 Å². The Labute approximate surface area is 122 Å². The van der Waals surface area contributed by atoms with Crippen molar-refractivity contribution in [2.24, 2.45) is 0 Å². The van der Waals surface area contributed by atoms with Gasteiger partial charge in [0.15, 0.2) is 0 Å². The molecule has 2 rings (SSSR count). The maximum absolute atomic E-state index is 11.9. The van der Waals surface area contributed by atoms with Crippen LogP contribution in [0.3, 0.4) is 0 Å². The number of hydrogen-bond donors (Lipinski definition) is 2. The summed E-state index contributed by atoms with van der Waals surface area (Å²) >= 11 is 6.08. The molecule has 106 valence electrons. The second-order valence-electron chi connectivity index (χ2n) is 4.20. The van der Waals surface area contributed by atoms with Gasteiger partial charge in [-0.25, -0.2) is 0 Å². The van der Waals surface area contributed by atoms with Gasteiger partial charge in [0.25, 0.3) is 0 Å². The van der Waals surface area contributed by atoms with Crippen LogP contribution in [0.2, 0.25) is 5.02 Å². The van der Waals surface area contributed by atoms with Crippen LogP contribution in [0.25, 0.3) is 0 Å². The third-order valence-corrected chi connectivity index (χ3v) is 3.02. The summed E-state index contributed by atoms with van der Waals surface area (Å²) in [5, 5.41) is 9.94. The van der Waals surface area contributed by atoms with E-state index >= 15 is 0 Å². The predicted octanol–water partition coefficient (Wildman–Crippen LogP) is 2.32. The third kappa shape index (κ3) is 3.74. The molecule has 0 unspecified atom stereocenters. The Morgan fingerprint density at radius 1 is 1.45 bits per heavy atom. The first kappa shape index (κ1) is 14.4. The van der Waals surface area contributed by atoms with E-state index in [1.807, 2.05) is 25.1 Å². The molecule has 0 aliphatic carbocycles. The summed E-state index contributed by atoms with van der Waals surface area (Å²) in [7, 11) is 0. The van der Waals surface area contributed by atoms with Crippen molar-refractivity contribution in [2.75, 3.05) is 6.61 Å². The second-order valence-corrected chi connectivity index (χ2v) is 4.60. The average Bonchev–Trinajstić information content (AvgIpc) is 2.94. The summed E-state index contributed by atoms with van der Waals surface area (Å²) in [5.74, 6) is 0.483. The van der Waals surface area contributed by atoms with Gasteiger partial charge < -0.3 is 10.1 Å². The zero-order valence-corrected chi connectivity index (χ0v) is 11.9. The van der Waals surface area contributed by atoms with E-state index in [1.54, 1.807) is 12.3 Å². The van der Waals surface area contributed by atoms with Gasteiger partial charge in [-0.1, -0.05) is 23.7 Å². The molecular weight excluding hydrogens is 278 g/mol. The highest BCUT2D eigenvalue weighted by molar-refractivity contribution is 6.32. The number of para-hydroxylation sites is 1. The number of H-pyrrole nitrogens is 1. The molecule has 2 N–H and O–H groups in total. The first-order valence-corrected chi connectivity index (χ1v) is 6.73. The molecule has 0 saturated carbocycles. The van der Waals surface area contributed by atoms with Gasteiger partial charge in [-0.2, -0.15) is 5.10 Å². The van der Waals surface area contributed by atoms with Crippen LogP contribution < -0.4 is 10.1 Å². The number of nitrogens with one attached hydrogen (secondary N) is 2. The van der Waals surface area contributed by atoms with Crippen molar-refractivity contribution < 1.29 is 9.53 Å². The number of halogens is 1. The minimum atomic E-state index is -0.0946. The largest absolute Gasteiger partial charge is 0.492 e. The van der Waals surface area contributed by atoms with E-state index in [0.717, 1.165) is 11.3 Å². The molecule has 2 aromatic rings. The molecule has 1 aromatic carbocycles. The van der Waals surface area contributed by atoms with Gasteiger partial charge in [0.1, 0.15) is 5.75 Å². The number of ether oxygens (including phenoxy) is 1. The molecule has 0 aliphatic rings. The van der Waals surface area contributed by atoms with Crippen LogP contribution >= 0.6 is 11.6 Å². The van der Waals surface area contributed by atoms with Crippen LogP contribution in [0.1, 0.15) is 18.2 Å². The van der Waals surface area contributed by atoms with Crippen LogP contribution in [0.4, 0.5) is 0 Å². The Balaban J connectivity index is 1.98. The summed E-state index contributed by atoms with van der Waals surface area (Å²) in [6.45, 7) is 2.81. The molecule has 20 heavy (non-hydrogen) atoms. The molecule has 6 heteroatoms. The molecule has 0 bridgehead atoms. The number of aromatic amines is 1. The molecule has 5 nitrogen and oxygen atoms in total. The number of amides is 1. The number of rotatable bonds is 6. The normalized spacial score (nSPS) is 10.3. The van der Waals surface area contributed by atoms with Crippen molar-refractivity contribution in [3.63, 3.8) is 0 Å². The predicted molar refractivity (Wildman–Crippen MR) is 76.8 cm³/mol. The third-order valence-electron chi connectivity index (χ3n) is 2.72. The molecule has 1 aromatic heterocycles. The van der Waals surface area contributed by atoms with Crippen LogP contribution in [0, 0.1) is 0 Å². The first-order valence-electron chi connectivity index (χ1n) is 6.36. The smallest absolute Gasteiger partial charge is 0.224 e. The summed E-state index contributed by atoms with van der Waals surface area (Å²) in [6.07, 6.45) is 1.87. The maximum Gasteiger partial charge on any atom is 0.224 e. The lowest BCUT2D eigenvalue weighted by molar-refractivity contribution is -0.120.